The molecule has 3 atom stereocenters. The van der Waals surface area contributed by atoms with Crippen LogP contribution < -0.4 is 5.32 Å². The van der Waals surface area contributed by atoms with Crippen molar-refractivity contribution in [3.05, 3.63) is 0 Å². The van der Waals surface area contributed by atoms with Crippen LogP contribution in [0.15, 0.2) is 0 Å². The summed E-state index contributed by atoms with van der Waals surface area (Å²) in [5, 5.41) is 21.5. The van der Waals surface area contributed by atoms with Gasteiger partial charge in [-0.15, -0.1) is 0 Å². The summed E-state index contributed by atoms with van der Waals surface area (Å²) in [4.78, 5) is 12.9. The van der Waals surface area contributed by atoms with Crippen LogP contribution >= 0.6 is 0 Å². The molecule has 0 amide bonds. The molecule has 0 bridgehead atoms. The highest BCUT2D eigenvalue weighted by atomic mass is 16.4. The molecule has 3 unspecified atom stereocenters. The second-order valence-corrected chi connectivity index (χ2v) is 5.59. The fourth-order valence-electron chi connectivity index (χ4n) is 3.30. The molecule has 2 aliphatic rings. The van der Waals surface area contributed by atoms with E-state index in [0.29, 0.717) is 12.0 Å². The van der Waals surface area contributed by atoms with E-state index in [1.165, 1.54) is 0 Å². The van der Waals surface area contributed by atoms with E-state index < -0.39 is 5.97 Å². The molecule has 5 nitrogen and oxygen atoms in total. The first kappa shape index (κ1) is 13.8. The number of likely N-dealkylation sites (tertiary alicyclic amines) is 1. The van der Waals surface area contributed by atoms with Crippen molar-refractivity contribution in [2.24, 2.45) is 5.92 Å². The van der Waals surface area contributed by atoms with E-state index >= 15 is 0 Å². The predicted octanol–water partition coefficient (Wildman–Crippen LogP) is 0.286. The van der Waals surface area contributed by atoms with Gasteiger partial charge in [0.25, 0.3) is 0 Å². The van der Waals surface area contributed by atoms with E-state index in [9.17, 15) is 9.90 Å². The highest BCUT2D eigenvalue weighted by Crippen LogP contribution is 2.28. The zero-order valence-electron chi connectivity index (χ0n) is 10.8. The maximum atomic E-state index is 10.5. The normalized spacial score (nSPS) is 33.7. The minimum absolute atomic E-state index is 0.0442. The Labute approximate surface area is 108 Å². The summed E-state index contributed by atoms with van der Waals surface area (Å²) < 4.78 is 0. The summed E-state index contributed by atoms with van der Waals surface area (Å²) in [5.41, 5.74) is 0. The monoisotopic (exact) mass is 256 g/mol. The summed E-state index contributed by atoms with van der Waals surface area (Å²) >= 11 is 0. The lowest BCUT2D eigenvalue weighted by atomic mass is 9.96. The number of aliphatic hydroxyl groups is 1. The summed E-state index contributed by atoms with van der Waals surface area (Å²) in [6.45, 7) is 2.89. The largest absolute Gasteiger partial charge is 0.480 e. The van der Waals surface area contributed by atoms with Crippen molar-refractivity contribution in [1.29, 1.82) is 0 Å². The maximum Gasteiger partial charge on any atom is 0.317 e. The Morgan fingerprint density at radius 2 is 2.11 bits per heavy atom. The Morgan fingerprint density at radius 1 is 1.28 bits per heavy atom. The molecule has 1 heterocycles. The molecule has 1 aliphatic heterocycles. The zero-order valence-corrected chi connectivity index (χ0v) is 10.8. The van der Waals surface area contributed by atoms with Gasteiger partial charge in [-0.05, 0) is 51.1 Å². The second-order valence-electron chi connectivity index (χ2n) is 5.59. The Morgan fingerprint density at radius 3 is 2.78 bits per heavy atom. The third-order valence-corrected chi connectivity index (χ3v) is 4.17. The van der Waals surface area contributed by atoms with Gasteiger partial charge in [-0.25, -0.2) is 0 Å². The average molecular weight is 256 g/mol. The molecule has 2 fully saturated rings. The minimum Gasteiger partial charge on any atom is -0.480 e. The number of aliphatic hydroxyl groups excluding tert-OH is 1. The van der Waals surface area contributed by atoms with Gasteiger partial charge < -0.3 is 15.5 Å². The number of hydrogen-bond donors (Lipinski definition) is 3. The molecule has 0 aromatic rings. The zero-order chi connectivity index (χ0) is 13.0. The van der Waals surface area contributed by atoms with Gasteiger partial charge in [0.1, 0.15) is 0 Å². The molecule has 0 aromatic heterocycles. The van der Waals surface area contributed by atoms with Gasteiger partial charge in [0.15, 0.2) is 0 Å². The summed E-state index contributed by atoms with van der Waals surface area (Å²) in [7, 11) is 0. The van der Waals surface area contributed by atoms with E-state index in [1.807, 2.05) is 0 Å². The van der Waals surface area contributed by atoms with Crippen LogP contribution in [0.1, 0.15) is 32.1 Å². The molecule has 1 saturated heterocycles. The van der Waals surface area contributed by atoms with Crippen LogP contribution in [0.25, 0.3) is 0 Å². The van der Waals surface area contributed by atoms with Crippen LogP contribution in [-0.2, 0) is 4.79 Å². The Hall–Kier alpha value is -0.650. The highest BCUT2D eigenvalue weighted by molar-refractivity contribution is 5.68. The quantitative estimate of drug-likeness (QED) is 0.659. The van der Waals surface area contributed by atoms with Crippen molar-refractivity contribution in [2.45, 2.75) is 44.2 Å². The van der Waals surface area contributed by atoms with Crippen molar-refractivity contribution >= 4 is 5.97 Å². The fourth-order valence-corrected chi connectivity index (χ4v) is 3.30. The van der Waals surface area contributed by atoms with E-state index in [2.05, 4.69) is 10.2 Å². The van der Waals surface area contributed by atoms with Crippen molar-refractivity contribution < 1.29 is 15.0 Å². The van der Waals surface area contributed by atoms with Crippen LogP contribution in [0.4, 0.5) is 0 Å². The highest BCUT2D eigenvalue weighted by Gasteiger charge is 2.33. The van der Waals surface area contributed by atoms with Gasteiger partial charge >= 0.3 is 5.97 Å². The van der Waals surface area contributed by atoms with Crippen molar-refractivity contribution in [3.63, 3.8) is 0 Å². The van der Waals surface area contributed by atoms with Gasteiger partial charge in [-0.2, -0.15) is 0 Å². The van der Waals surface area contributed by atoms with Crippen LogP contribution in [-0.4, -0.2) is 59.4 Å². The van der Waals surface area contributed by atoms with Crippen LogP contribution in [0.2, 0.25) is 0 Å². The number of nitrogens with one attached hydrogen (secondary N) is 1. The standard InChI is InChI=1S/C13H24N2O3/c16-12-5-1-4-11(12)15-6-2-3-10(9-15)7-14-8-13(17)18/h10-12,14,16H,1-9H2,(H,17,18). The average Bonchev–Trinajstić information content (AvgIpc) is 2.75. The van der Waals surface area contributed by atoms with E-state index in [0.717, 1.165) is 51.7 Å². The van der Waals surface area contributed by atoms with Gasteiger partial charge in [0, 0.05) is 12.6 Å². The lowest BCUT2D eigenvalue weighted by Gasteiger charge is -2.38. The summed E-state index contributed by atoms with van der Waals surface area (Å²) in [6.07, 6.45) is 5.33. The van der Waals surface area contributed by atoms with Gasteiger partial charge in [0.2, 0.25) is 0 Å². The van der Waals surface area contributed by atoms with Gasteiger partial charge in [-0.1, -0.05) is 0 Å². The predicted molar refractivity (Wildman–Crippen MR) is 68.4 cm³/mol. The molecule has 1 aliphatic carbocycles. The van der Waals surface area contributed by atoms with E-state index in [4.69, 9.17) is 5.11 Å². The molecular formula is C13H24N2O3. The first-order valence-corrected chi connectivity index (χ1v) is 7.01. The van der Waals surface area contributed by atoms with E-state index in [-0.39, 0.29) is 12.6 Å². The number of carbonyl (C=O) groups is 1. The van der Waals surface area contributed by atoms with Crippen LogP contribution in [0, 0.1) is 5.92 Å². The lowest BCUT2D eigenvalue weighted by molar-refractivity contribution is -0.136. The first-order valence-electron chi connectivity index (χ1n) is 7.01. The fraction of sp³-hybridized carbons (Fsp3) is 0.923. The molecule has 18 heavy (non-hydrogen) atoms. The molecule has 0 spiro atoms. The lowest BCUT2D eigenvalue weighted by Crippen LogP contribution is -2.48. The topological polar surface area (TPSA) is 72.8 Å². The smallest absolute Gasteiger partial charge is 0.317 e. The number of hydrogen-bond acceptors (Lipinski definition) is 4. The first-order chi connectivity index (χ1) is 8.66. The number of carboxylic acid groups (broad SMARTS) is 1. The Bertz CT molecular complexity index is 285. The molecule has 0 radical (unpaired) electrons. The molecule has 0 aromatic carbocycles. The molecular weight excluding hydrogens is 232 g/mol. The maximum absolute atomic E-state index is 10.5. The summed E-state index contributed by atoms with van der Waals surface area (Å²) in [6, 6.07) is 0.340. The molecule has 104 valence electrons. The van der Waals surface area contributed by atoms with Gasteiger partial charge in [-0.3, -0.25) is 9.69 Å². The van der Waals surface area contributed by atoms with E-state index in [1.54, 1.807) is 0 Å². The Kier molecular flexibility index (Phi) is 4.97. The van der Waals surface area contributed by atoms with Crippen molar-refractivity contribution in [2.75, 3.05) is 26.2 Å². The van der Waals surface area contributed by atoms with Crippen molar-refractivity contribution in [1.82, 2.24) is 10.2 Å². The Balaban J connectivity index is 1.75. The van der Waals surface area contributed by atoms with Gasteiger partial charge in [0.05, 0.1) is 12.6 Å². The molecule has 5 heteroatoms. The minimum atomic E-state index is -0.797. The SMILES string of the molecule is O=C(O)CNCC1CCCN(C2CCCC2O)C1. The third-order valence-electron chi connectivity index (χ3n) is 4.17. The van der Waals surface area contributed by atoms with Crippen molar-refractivity contribution in [3.8, 4) is 0 Å². The molecule has 3 N–H and O–H groups in total. The van der Waals surface area contributed by atoms with Crippen LogP contribution in [0.3, 0.4) is 0 Å². The molecule has 1 saturated carbocycles. The number of rotatable bonds is 5. The second kappa shape index (κ2) is 6.50. The number of piperidine rings is 1. The number of nitrogens with zero attached hydrogens (tertiary/aromatic N) is 1. The number of carboxylic acids is 1. The third kappa shape index (κ3) is 3.67. The molecule has 2 rings (SSSR count). The van der Waals surface area contributed by atoms with Crippen LogP contribution in [0.5, 0.6) is 0 Å². The summed E-state index contributed by atoms with van der Waals surface area (Å²) in [5.74, 6) is -0.278. The number of aliphatic carboxylic acids is 1.